The molecule has 1 atom stereocenters. The van der Waals surface area contributed by atoms with E-state index in [1.807, 2.05) is 0 Å². The van der Waals surface area contributed by atoms with Gasteiger partial charge in [-0.2, -0.15) is 0 Å². The molecule has 0 unspecified atom stereocenters. The lowest BCUT2D eigenvalue weighted by atomic mass is 9.85. The topological polar surface area (TPSA) is 57.5 Å². The minimum atomic E-state index is -0.795. The van der Waals surface area contributed by atoms with Gasteiger partial charge in [-0.3, -0.25) is 4.79 Å². The van der Waals surface area contributed by atoms with Crippen LogP contribution in [0.5, 0.6) is 0 Å². The summed E-state index contributed by atoms with van der Waals surface area (Å²) in [5.41, 5.74) is 0. The first-order chi connectivity index (χ1) is 5.61. The molecule has 0 bridgehead atoms. The van der Waals surface area contributed by atoms with Crippen LogP contribution in [-0.4, -0.2) is 27.1 Å². The smallest absolute Gasteiger partial charge is 0.317 e. The Bertz CT molecular complexity index is 164. The SMILES string of the molecule is O=C(O)[C@H](Br)C1CCC(O)CC1. The summed E-state index contributed by atoms with van der Waals surface area (Å²) >= 11 is 3.14. The zero-order chi connectivity index (χ0) is 9.14. The number of aliphatic hydroxyl groups excluding tert-OH is 1. The van der Waals surface area contributed by atoms with Crippen molar-refractivity contribution in [2.75, 3.05) is 0 Å². The van der Waals surface area contributed by atoms with Crippen molar-refractivity contribution in [3.8, 4) is 0 Å². The number of carbonyl (C=O) groups is 1. The third kappa shape index (κ3) is 2.45. The Balaban J connectivity index is 2.39. The van der Waals surface area contributed by atoms with Crippen molar-refractivity contribution in [1.29, 1.82) is 0 Å². The molecule has 0 aromatic rings. The number of carboxylic acids is 1. The van der Waals surface area contributed by atoms with Gasteiger partial charge in [0.1, 0.15) is 4.83 Å². The van der Waals surface area contributed by atoms with Crippen LogP contribution in [0.15, 0.2) is 0 Å². The van der Waals surface area contributed by atoms with Gasteiger partial charge in [0.25, 0.3) is 0 Å². The van der Waals surface area contributed by atoms with Crippen LogP contribution in [-0.2, 0) is 4.79 Å². The second-order valence-electron chi connectivity index (χ2n) is 3.31. The van der Waals surface area contributed by atoms with E-state index in [1.54, 1.807) is 0 Å². The molecule has 1 aliphatic rings. The lowest BCUT2D eigenvalue weighted by molar-refractivity contribution is -0.137. The Labute approximate surface area is 79.9 Å². The number of halogens is 1. The predicted octanol–water partition coefficient (Wildman–Crippen LogP) is 1.39. The number of hydrogen-bond donors (Lipinski definition) is 2. The molecule has 1 aliphatic carbocycles. The number of aliphatic carboxylic acids is 1. The molecule has 0 spiro atoms. The van der Waals surface area contributed by atoms with Crippen LogP contribution < -0.4 is 0 Å². The maximum absolute atomic E-state index is 10.6. The number of hydrogen-bond acceptors (Lipinski definition) is 2. The Morgan fingerprint density at radius 2 is 1.83 bits per heavy atom. The summed E-state index contributed by atoms with van der Waals surface area (Å²) < 4.78 is 0. The third-order valence-corrected chi connectivity index (χ3v) is 3.53. The van der Waals surface area contributed by atoms with E-state index in [-0.39, 0.29) is 12.0 Å². The number of rotatable bonds is 2. The van der Waals surface area contributed by atoms with Gasteiger partial charge in [-0.05, 0) is 31.6 Å². The number of alkyl halides is 1. The average molecular weight is 237 g/mol. The molecular weight excluding hydrogens is 224 g/mol. The van der Waals surface area contributed by atoms with E-state index in [4.69, 9.17) is 5.11 Å². The zero-order valence-corrected chi connectivity index (χ0v) is 8.33. The highest BCUT2D eigenvalue weighted by molar-refractivity contribution is 9.10. The molecular formula is C8H13BrO3. The highest BCUT2D eigenvalue weighted by Gasteiger charge is 2.29. The summed E-state index contributed by atoms with van der Waals surface area (Å²) in [6, 6.07) is 0. The Morgan fingerprint density at radius 1 is 1.33 bits per heavy atom. The lowest BCUT2D eigenvalue weighted by Crippen LogP contribution is -2.29. The molecule has 70 valence electrons. The first-order valence-corrected chi connectivity index (χ1v) is 5.07. The minimum Gasteiger partial charge on any atom is -0.480 e. The van der Waals surface area contributed by atoms with Crippen LogP contribution in [0.4, 0.5) is 0 Å². The molecule has 0 saturated heterocycles. The molecule has 0 aromatic heterocycles. The molecule has 3 nitrogen and oxygen atoms in total. The van der Waals surface area contributed by atoms with Gasteiger partial charge < -0.3 is 10.2 Å². The molecule has 12 heavy (non-hydrogen) atoms. The van der Waals surface area contributed by atoms with E-state index in [2.05, 4.69) is 15.9 Å². The molecule has 0 amide bonds. The maximum Gasteiger partial charge on any atom is 0.317 e. The zero-order valence-electron chi connectivity index (χ0n) is 6.74. The van der Waals surface area contributed by atoms with Gasteiger partial charge in [0.2, 0.25) is 0 Å². The van der Waals surface area contributed by atoms with E-state index in [9.17, 15) is 9.90 Å². The Hall–Kier alpha value is -0.0900. The monoisotopic (exact) mass is 236 g/mol. The summed E-state index contributed by atoms with van der Waals surface area (Å²) in [7, 11) is 0. The predicted molar refractivity (Wildman–Crippen MR) is 48.3 cm³/mol. The standard InChI is InChI=1S/C8H13BrO3/c9-7(8(11)12)5-1-3-6(10)4-2-5/h5-7,10H,1-4H2,(H,11,12)/t5?,6?,7-/m1/s1. The van der Waals surface area contributed by atoms with Crippen molar-refractivity contribution in [1.82, 2.24) is 0 Å². The van der Waals surface area contributed by atoms with E-state index in [0.29, 0.717) is 0 Å². The fourth-order valence-corrected chi connectivity index (χ4v) is 2.12. The molecule has 0 radical (unpaired) electrons. The molecule has 0 aliphatic heterocycles. The lowest BCUT2D eigenvalue weighted by Gasteiger charge is -2.26. The van der Waals surface area contributed by atoms with Gasteiger partial charge in [-0.25, -0.2) is 0 Å². The van der Waals surface area contributed by atoms with Gasteiger partial charge in [0.15, 0.2) is 0 Å². The fourth-order valence-electron chi connectivity index (χ4n) is 1.60. The van der Waals surface area contributed by atoms with Crippen LogP contribution in [0.25, 0.3) is 0 Å². The van der Waals surface area contributed by atoms with Crippen LogP contribution in [0, 0.1) is 5.92 Å². The van der Waals surface area contributed by atoms with Crippen molar-refractivity contribution in [3.05, 3.63) is 0 Å². The van der Waals surface area contributed by atoms with Crippen molar-refractivity contribution >= 4 is 21.9 Å². The summed E-state index contributed by atoms with van der Waals surface area (Å²) in [4.78, 5) is 10.1. The first kappa shape index (κ1) is 9.99. The van der Waals surface area contributed by atoms with Gasteiger partial charge in [0, 0.05) is 0 Å². The number of carboxylic acid groups (broad SMARTS) is 1. The quantitative estimate of drug-likeness (QED) is 0.713. The van der Waals surface area contributed by atoms with E-state index in [1.165, 1.54) is 0 Å². The molecule has 1 saturated carbocycles. The highest BCUT2D eigenvalue weighted by atomic mass is 79.9. The summed E-state index contributed by atoms with van der Waals surface area (Å²) in [6.45, 7) is 0. The summed E-state index contributed by atoms with van der Waals surface area (Å²) in [5, 5.41) is 17.9. The average Bonchev–Trinajstić information content (AvgIpc) is 2.04. The van der Waals surface area contributed by atoms with Crippen LogP contribution in [0.2, 0.25) is 0 Å². The molecule has 1 fully saturated rings. The highest BCUT2D eigenvalue weighted by Crippen LogP contribution is 2.30. The minimum absolute atomic E-state index is 0.186. The van der Waals surface area contributed by atoms with Crippen molar-refractivity contribution in [2.45, 2.75) is 36.6 Å². The van der Waals surface area contributed by atoms with E-state index >= 15 is 0 Å². The Kier molecular flexibility index (Phi) is 3.53. The van der Waals surface area contributed by atoms with Crippen molar-refractivity contribution in [2.24, 2.45) is 5.92 Å². The largest absolute Gasteiger partial charge is 0.480 e. The molecule has 0 heterocycles. The van der Waals surface area contributed by atoms with Crippen LogP contribution >= 0.6 is 15.9 Å². The summed E-state index contributed by atoms with van der Waals surface area (Å²) in [6.07, 6.45) is 2.88. The molecule has 1 rings (SSSR count). The Morgan fingerprint density at radius 3 is 2.25 bits per heavy atom. The normalized spacial score (nSPS) is 32.8. The van der Waals surface area contributed by atoms with Crippen LogP contribution in [0.1, 0.15) is 25.7 Å². The summed E-state index contributed by atoms with van der Waals surface area (Å²) in [5.74, 6) is -0.609. The van der Waals surface area contributed by atoms with Gasteiger partial charge >= 0.3 is 5.97 Å². The van der Waals surface area contributed by atoms with Crippen LogP contribution in [0.3, 0.4) is 0 Å². The second-order valence-corrected chi connectivity index (χ2v) is 4.30. The first-order valence-electron chi connectivity index (χ1n) is 4.16. The maximum atomic E-state index is 10.6. The molecule has 2 N–H and O–H groups in total. The van der Waals surface area contributed by atoms with E-state index < -0.39 is 10.8 Å². The van der Waals surface area contributed by atoms with E-state index in [0.717, 1.165) is 25.7 Å². The number of aliphatic hydroxyl groups is 1. The van der Waals surface area contributed by atoms with Gasteiger partial charge in [-0.15, -0.1) is 0 Å². The van der Waals surface area contributed by atoms with Gasteiger partial charge in [-0.1, -0.05) is 15.9 Å². The third-order valence-electron chi connectivity index (χ3n) is 2.39. The molecule has 0 aromatic carbocycles. The van der Waals surface area contributed by atoms with Crippen molar-refractivity contribution < 1.29 is 15.0 Å². The van der Waals surface area contributed by atoms with Gasteiger partial charge in [0.05, 0.1) is 6.10 Å². The second kappa shape index (κ2) is 4.23. The molecule has 4 heteroatoms. The van der Waals surface area contributed by atoms with Crippen molar-refractivity contribution in [3.63, 3.8) is 0 Å². The fraction of sp³-hybridized carbons (Fsp3) is 0.875.